The Kier molecular flexibility index (Phi) is 13.9. The second-order valence-corrected chi connectivity index (χ2v) is 16.6. The minimum Gasteiger partial charge on any atom is -0.384 e. The van der Waals surface area contributed by atoms with Crippen LogP contribution in [-0.4, -0.2) is 106 Å². The van der Waals surface area contributed by atoms with Crippen LogP contribution in [0.15, 0.2) is 83.0 Å². The van der Waals surface area contributed by atoms with Crippen LogP contribution >= 0.6 is 0 Å². The van der Waals surface area contributed by atoms with E-state index < -0.39 is 68.6 Å². The van der Waals surface area contributed by atoms with Crippen LogP contribution in [0.4, 0.5) is 27.8 Å². The number of halogens is 5. The number of anilines is 1. The monoisotopic (exact) mass is 883 g/mol. The van der Waals surface area contributed by atoms with Gasteiger partial charge in [-0.25, -0.2) is 13.8 Å². The Morgan fingerprint density at radius 3 is 1.98 bits per heavy atom. The molecule has 60 heavy (non-hydrogen) atoms. The van der Waals surface area contributed by atoms with Crippen LogP contribution in [0, 0.1) is 25.5 Å². The lowest BCUT2D eigenvalue weighted by molar-refractivity contribution is -0.327. The smallest absolute Gasteiger partial charge is 0.384 e. The van der Waals surface area contributed by atoms with E-state index in [1.807, 2.05) is 13.8 Å². The van der Waals surface area contributed by atoms with Crippen molar-refractivity contribution in [1.82, 2.24) is 29.5 Å². The SMILES string of the molecule is Cc1ccc(S(=O)(=O)O)cc1.Cc1ccc(S(=O)(=O)O)cc1.Nc1cc(C(=O)N2CC(c3nn(CC(=O)N4CCC[C@H]4COC(F)(F)F)c4cncc(F)c34)C2)c(F)cn1. The minimum absolute atomic E-state index is 0.0130. The van der Waals surface area contributed by atoms with Crippen LogP contribution in [0.2, 0.25) is 0 Å². The van der Waals surface area contributed by atoms with Gasteiger partial charge in [0.25, 0.3) is 26.1 Å². The molecule has 0 aliphatic carbocycles. The van der Waals surface area contributed by atoms with Gasteiger partial charge in [0.2, 0.25) is 5.91 Å². The van der Waals surface area contributed by atoms with E-state index >= 15 is 0 Å². The average Bonchev–Trinajstić information content (AvgIpc) is 3.77. The number of carbonyl (C=O) groups is 2. The molecule has 2 amide bonds. The Morgan fingerprint density at radius 1 is 0.883 bits per heavy atom. The summed E-state index contributed by atoms with van der Waals surface area (Å²) >= 11 is 0. The van der Waals surface area contributed by atoms with Gasteiger partial charge in [0.1, 0.15) is 12.4 Å². The summed E-state index contributed by atoms with van der Waals surface area (Å²) in [5, 5.41) is 4.56. The van der Waals surface area contributed by atoms with Gasteiger partial charge in [-0.2, -0.15) is 21.9 Å². The van der Waals surface area contributed by atoms with Crippen LogP contribution in [0.1, 0.15) is 45.9 Å². The van der Waals surface area contributed by atoms with Crippen molar-refractivity contribution in [2.24, 2.45) is 0 Å². The maximum Gasteiger partial charge on any atom is 0.522 e. The average molecular weight is 884 g/mol. The first kappa shape index (κ1) is 45.5. The molecule has 0 radical (unpaired) electrons. The normalized spacial score (nSPS) is 15.8. The molecule has 0 saturated carbocycles. The van der Waals surface area contributed by atoms with E-state index in [1.165, 1.54) is 44.9 Å². The molecule has 5 heterocycles. The maximum atomic E-state index is 14.8. The van der Waals surface area contributed by atoms with E-state index in [4.69, 9.17) is 14.8 Å². The third-order valence-electron chi connectivity index (χ3n) is 9.36. The van der Waals surface area contributed by atoms with Crippen molar-refractivity contribution >= 4 is 48.8 Å². The molecule has 2 fully saturated rings. The van der Waals surface area contributed by atoms with Crippen molar-refractivity contribution in [3.05, 3.63) is 107 Å². The van der Waals surface area contributed by atoms with Gasteiger partial charge >= 0.3 is 6.36 Å². The summed E-state index contributed by atoms with van der Waals surface area (Å²) in [6, 6.07) is 12.4. The lowest BCUT2D eigenvalue weighted by Gasteiger charge is -2.38. The second kappa shape index (κ2) is 18.3. The Bertz CT molecular complexity index is 2500. The molecule has 7 rings (SSSR count). The first-order valence-electron chi connectivity index (χ1n) is 17.8. The Hall–Kier alpha value is -5.62. The Balaban J connectivity index is 0.000000252. The summed E-state index contributed by atoms with van der Waals surface area (Å²) in [6.07, 6.45) is -0.724. The van der Waals surface area contributed by atoms with Crippen molar-refractivity contribution < 1.29 is 62.2 Å². The summed E-state index contributed by atoms with van der Waals surface area (Å²) in [4.78, 5) is 35.7. The predicted octanol–water partition coefficient (Wildman–Crippen LogP) is 4.94. The van der Waals surface area contributed by atoms with Crippen molar-refractivity contribution in [3.63, 3.8) is 0 Å². The number of aromatic nitrogens is 4. The fourth-order valence-electron chi connectivity index (χ4n) is 6.29. The van der Waals surface area contributed by atoms with E-state index in [9.17, 15) is 48.4 Å². The number of nitrogens with zero attached hydrogens (tertiary/aromatic N) is 6. The summed E-state index contributed by atoms with van der Waals surface area (Å²) in [5.41, 5.74) is 7.76. The van der Waals surface area contributed by atoms with Crippen molar-refractivity contribution in [2.75, 3.05) is 32.0 Å². The highest BCUT2D eigenvalue weighted by atomic mass is 32.2. The van der Waals surface area contributed by atoms with Gasteiger partial charge in [0, 0.05) is 25.6 Å². The zero-order valence-corrected chi connectivity index (χ0v) is 33.4. The third-order valence-corrected chi connectivity index (χ3v) is 11.1. The summed E-state index contributed by atoms with van der Waals surface area (Å²) in [6.45, 7) is 3.16. The fraction of sp³-hybridized carbons (Fsp3) is 0.324. The number of alkyl halides is 3. The molecule has 5 aromatic rings. The van der Waals surface area contributed by atoms with Gasteiger partial charge in [-0.05, 0) is 57.0 Å². The van der Waals surface area contributed by atoms with E-state index in [2.05, 4.69) is 19.8 Å². The second-order valence-electron chi connectivity index (χ2n) is 13.8. The first-order valence-corrected chi connectivity index (χ1v) is 20.7. The van der Waals surface area contributed by atoms with Gasteiger partial charge in [-0.15, -0.1) is 13.2 Å². The summed E-state index contributed by atoms with van der Waals surface area (Å²) < 4.78 is 131. The van der Waals surface area contributed by atoms with Gasteiger partial charge in [-0.3, -0.25) is 33.1 Å². The molecule has 23 heteroatoms. The van der Waals surface area contributed by atoms with Crippen LogP contribution < -0.4 is 5.73 Å². The van der Waals surface area contributed by atoms with Gasteiger partial charge < -0.3 is 15.5 Å². The van der Waals surface area contributed by atoms with Crippen LogP contribution in [-0.2, 0) is 36.3 Å². The van der Waals surface area contributed by atoms with Gasteiger partial charge in [0.15, 0.2) is 11.6 Å². The number of carbonyl (C=O) groups excluding carboxylic acids is 2. The maximum absolute atomic E-state index is 14.8. The number of aryl methyl sites for hydroxylation is 2. The van der Waals surface area contributed by atoms with Crippen LogP contribution in [0.5, 0.6) is 0 Å². The highest BCUT2D eigenvalue weighted by Crippen LogP contribution is 2.34. The molecule has 0 spiro atoms. The van der Waals surface area contributed by atoms with Crippen molar-refractivity contribution in [2.45, 2.75) is 61.3 Å². The zero-order chi connectivity index (χ0) is 44.2. The third kappa shape index (κ3) is 11.6. The first-order chi connectivity index (χ1) is 28.0. The highest BCUT2D eigenvalue weighted by molar-refractivity contribution is 7.86. The molecule has 2 saturated heterocycles. The lowest BCUT2D eigenvalue weighted by Crippen LogP contribution is -2.49. The Labute approximate surface area is 340 Å². The number of nitrogens with two attached hydrogens (primary N) is 1. The molecular weight excluding hydrogens is 846 g/mol. The number of amides is 2. The van der Waals surface area contributed by atoms with Crippen LogP contribution in [0.25, 0.3) is 10.9 Å². The highest BCUT2D eigenvalue weighted by Gasteiger charge is 2.38. The fourth-order valence-corrected chi connectivity index (χ4v) is 7.25. The van der Waals surface area contributed by atoms with Crippen molar-refractivity contribution in [3.8, 4) is 0 Å². The van der Waals surface area contributed by atoms with Crippen molar-refractivity contribution in [1.29, 1.82) is 0 Å². The number of likely N-dealkylation sites (tertiary alicyclic amines) is 2. The molecule has 0 unspecified atom stereocenters. The van der Waals surface area contributed by atoms with Gasteiger partial charge in [-0.1, -0.05) is 35.4 Å². The Morgan fingerprint density at radius 2 is 1.45 bits per heavy atom. The number of benzene rings is 2. The molecule has 2 aromatic carbocycles. The molecule has 2 aliphatic rings. The number of fused-ring (bicyclic) bond motifs is 1. The standard InChI is InChI=1S/C23H22F5N7O3.2C7H8O3S/c24-15-6-31-18(29)4-14(15)22(37)33-8-12(9-33)21-20-16(25)5-30-7-17(20)35(32-21)10-19(36)34-3-1-2-13(34)11-38-23(26,27)28;2*1-6-2-4-7(5-3-6)11(8,9)10/h4-7,12-13H,1-3,8-11H2,(H2,29,31);2*2-5H,1H3,(H,8,9,10)/t13-;;/m0../s1. The number of hydrogen-bond donors (Lipinski definition) is 3. The number of rotatable bonds is 8. The quantitative estimate of drug-likeness (QED) is 0.139. The number of ether oxygens (including phenoxy) is 1. The number of hydrogen-bond acceptors (Lipinski definition) is 11. The minimum atomic E-state index is -4.80. The van der Waals surface area contributed by atoms with E-state index in [1.54, 1.807) is 24.3 Å². The molecule has 2 aliphatic heterocycles. The number of nitrogen functional groups attached to an aromatic ring is 1. The van der Waals surface area contributed by atoms with E-state index in [0.29, 0.717) is 18.5 Å². The van der Waals surface area contributed by atoms with E-state index in [-0.39, 0.29) is 58.3 Å². The molecule has 1 atom stereocenters. The largest absolute Gasteiger partial charge is 0.522 e. The number of pyridine rings is 2. The molecule has 3 aromatic heterocycles. The summed E-state index contributed by atoms with van der Waals surface area (Å²) in [5.74, 6) is -3.01. The lowest BCUT2D eigenvalue weighted by atomic mass is 9.93. The molecule has 0 bridgehead atoms. The topological polar surface area (TPSA) is 228 Å². The van der Waals surface area contributed by atoms with Crippen LogP contribution in [0.3, 0.4) is 0 Å². The predicted molar refractivity (Wildman–Crippen MR) is 203 cm³/mol. The molecule has 4 N–H and O–H groups in total. The molecule has 322 valence electrons. The van der Waals surface area contributed by atoms with Gasteiger partial charge in [0.05, 0.1) is 63.2 Å². The molecular formula is C37H38F5N7O9S2. The van der Waals surface area contributed by atoms with E-state index in [0.717, 1.165) is 29.6 Å². The molecule has 16 nitrogen and oxygen atoms in total. The zero-order valence-electron chi connectivity index (χ0n) is 31.8. The summed E-state index contributed by atoms with van der Waals surface area (Å²) in [7, 11) is -8.04.